The number of morpholine rings is 1. The Kier molecular flexibility index (Phi) is 6.03. The van der Waals surface area contributed by atoms with Crippen LogP contribution in [0.15, 0.2) is 36.4 Å². The number of aryl methyl sites for hydroxylation is 1. The number of carbonyl (C=O) groups excluding carboxylic acids is 1. The molecule has 2 amide bonds. The summed E-state index contributed by atoms with van der Waals surface area (Å²) in [6, 6.07) is 10.7. The minimum Gasteiger partial charge on any atom is -0.493 e. The zero-order valence-electron chi connectivity index (χ0n) is 17.8. The largest absolute Gasteiger partial charge is 0.493 e. The molecule has 0 saturated carbocycles. The highest BCUT2D eigenvalue weighted by molar-refractivity contribution is 6.05. The van der Waals surface area contributed by atoms with E-state index in [1.165, 1.54) is 0 Å². The quantitative estimate of drug-likeness (QED) is 0.649. The zero-order valence-corrected chi connectivity index (χ0v) is 17.8. The van der Waals surface area contributed by atoms with Crippen molar-refractivity contribution in [3.05, 3.63) is 42.0 Å². The number of hydrogen-bond donors (Lipinski definition) is 2. The Morgan fingerprint density at radius 3 is 2.48 bits per heavy atom. The van der Waals surface area contributed by atoms with Crippen LogP contribution in [0.5, 0.6) is 11.5 Å². The van der Waals surface area contributed by atoms with Gasteiger partial charge in [-0.2, -0.15) is 4.98 Å². The maximum atomic E-state index is 12.7. The fraction of sp³-hybridized carbons (Fsp3) is 0.318. The smallest absolute Gasteiger partial charge is 0.324 e. The maximum Gasteiger partial charge on any atom is 0.324 e. The van der Waals surface area contributed by atoms with Crippen LogP contribution in [0.1, 0.15) is 5.56 Å². The fourth-order valence-electron chi connectivity index (χ4n) is 3.44. The summed E-state index contributed by atoms with van der Waals surface area (Å²) in [5.74, 6) is 1.99. The number of rotatable bonds is 5. The molecule has 1 aliphatic heterocycles. The number of urea groups is 1. The van der Waals surface area contributed by atoms with Crippen LogP contribution >= 0.6 is 0 Å². The molecule has 0 atom stereocenters. The Hall–Kier alpha value is -3.59. The van der Waals surface area contributed by atoms with Gasteiger partial charge in [0.15, 0.2) is 11.5 Å². The number of anilines is 3. The topological polar surface area (TPSA) is 97.8 Å². The van der Waals surface area contributed by atoms with Crippen molar-refractivity contribution in [3.63, 3.8) is 0 Å². The maximum absolute atomic E-state index is 12.7. The van der Waals surface area contributed by atoms with Crippen LogP contribution in [0.25, 0.3) is 10.9 Å². The number of nitrogens with one attached hydrogen (secondary N) is 2. The molecule has 2 aromatic carbocycles. The third-order valence-corrected chi connectivity index (χ3v) is 4.99. The zero-order chi connectivity index (χ0) is 21.8. The second kappa shape index (κ2) is 9.05. The summed E-state index contributed by atoms with van der Waals surface area (Å²) in [6.45, 7) is 4.52. The number of nitrogens with zero attached hydrogens (tertiary/aromatic N) is 3. The molecule has 3 aromatic rings. The summed E-state index contributed by atoms with van der Waals surface area (Å²) < 4.78 is 16.3. The number of fused-ring (bicyclic) bond motifs is 1. The fourth-order valence-corrected chi connectivity index (χ4v) is 3.44. The van der Waals surface area contributed by atoms with E-state index in [9.17, 15) is 4.79 Å². The molecule has 1 fully saturated rings. The normalized spacial score (nSPS) is 13.7. The molecule has 0 bridgehead atoms. The van der Waals surface area contributed by atoms with Gasteiger partial charge in [0, 0.05) is 30.2 Å². The molecule has 0 unspecified atom stereocenters. The number of aromatic nitrogens is 2. The van der Waals surface area contributed by atoms with Crippen LogP contribution in [-0.4, -0.2) is 56.5 Å². The van der Waals surface area contributed by atoms with Gasteiger partial charge in [0.05, 0.1) is 33.0 Å². The van der Waals surface area contributed by atoms with Gasteiger partial charge in [-0.25, -0.2) is 9.78 Å². The molecule has 1 aliphatic rings. The van der Waals surface area contributed by atoms with Crippen LogP contribution in [0, 0.1) is 6.92 Å². The average Bonchev–Trinajstić information content (AvgIpc) is 2.78. The first-order valence-electron chi connectivity index (χ1n) is 9.98. The van der Waals surface area contributed by atoms with Crippen LogP contribution in [0.2, 0.25) is 0 Å². The minimum absolute atomic E-state index is 0.387. The molecular weight excluding hydrogens is 398 g/mol. The molecule has 162 valence electrons. The molecule has 4 rings (SSSR count). The molecule has 2 heterocycles. The van der Waals surface area contributed by atoms with Gasteiger partial charge >= 0.3 is 6.03 Å². The lowest BCUT2D eigenvalue weighted by Gasteiger charge is -2.27. The molecule has 1 aromatic heterocycles. The van der Waals surface area contributed by atoms with Crippen molar-refractivity contribution in [3.8, 4) is 11.5 Å². The van der Waals surface area contributed by atoms with Crippen LogP contribution in [0.4, 0.5) is 22.2 Å². The first-order valence-corrected chi connectivity index (χ1v) is 9.98. The first-order chi connectivity index (χ1) is 15.1. The lowest BCUT2D eigenvalue weighted by Crippen LogP contribution is -2.37. The van der Waals surface area contributed by atoms with Gasteiger partial charge in [-0.1, -0.05) is 12.1 Å². The molecule has 0 aliphatic carbocycles. The summed E-state index contributed by atoms with van der Waals surface area (Å²) in [6.07, 6.45) is 0. The Labute approximate surface area is 180 Å². The van der Waals surface area contributed by atoms with Crippen LogP contribution < -0.4 is 25.0 Å². The van der Waals surface area contributed by atoms with E-state index >= 15 is 0 Å². The molecule has 9 heteroatoms. The minimum atomic E-state index is -0.395. The monoisotopic (exact) mass is 423 g/mol. The predicted octanol–water partition coefficient (Wildman–Crippen LogP) is 3.44. The number of carbonyl (C=O) groups is 1. The van der Waals surface area contributed by atoms with E-state index in [-0.39, 0.29) is 0 Å². The molecule has 2 N–H and O–H groups in total. The Morgan fingerprint density at radius 2 is 1.77 bits per heavy atom. The van der Waals surface area contributed by atoms with E-state index in [2.05, 4.69) is 15.6 Å². The van der Waals surface area contributed by atoms with E-state index in [1.807, 2.05) is 36.1 Å². The van der Waals surface area contributed by atoms with Crippen molar-refractivity contribution in [2.45, 2.75) is 6.92 Å². The molecule has 0 radical (unpaired) electrons. The van der Waals surface area contributed by atoms with Gasteiger partial charge < -0.3 is 24.4 Å². The van der Waals surface area contributed by atoms with E-state index in [1.54, 1.807) is 26.4 Å². The van der Waals surface area contributed by atoms with Crippen molar-refractivity contribution >= 4 is 34.4 Å². The van der Waals surface area contributed by atoms with Crippen molar-refractivity contribution in [1.82, 2.24) is 9.97 Å². The SMILES string of the molecule is COc1cc2nc(N3CCOCC3)nc(NC(=O)Nc3cccc(C)c3)c2cc1OC. The summed E-state index contributed by atoms with van der Waals surface area (Å²) in [5, 5.41) is 6.36. The summed E-state index contributed by atoms with van der Waals surface area (Å²) in [4.78, 5) is 24.1. The molecule has 0 spiro atoms. The van der Waals surface area contributed by atoms with Crippen molar-refractivity contribution in [2.24, 2.45) is 0 Å². The first kappa shape index (κ1) is 20.7. The Balaban J connectivity index is 1.72. The molecule has 9 nitrogen and oxygen atoms in total. The van der Waals surface area contributed by atoms with Crippen LogP contribution in [-0.2, 0) is 4.74 Å². The number of amides is 2. The Bertz CT molecular complexity index is 1100. The van der Waals surface area contributed by atoms with Gasteiger partial charge in [-0.3, -0.25) is 5.32 Å². The van der Waals surface area contributed by atoms with E-state index < -0.39 is 6.03 Å². The molecule has 1 saturated heterocycles. The third kappa shape index (κ3) is 4.61. The third-order valence-electron chi connectivity index (χ3n) is 4.99. The highest BCUT2D eigenvalue weighted by Crippen LogP contribution is 2.35. The summed E-state index contributed by atoms with van der Waals surface area (Å²) in [5.41, 5.74) is 2.39. The lowest BCUT2D eigenvalue weighted by molar-refractivity contribution is 0.122. The van der Waals surface area contributed by atoms with Gasteiger partial charge in [0.1, 0.15) is 5.82 Å². The van der Waals surface area contributed by atoms with Crippen molar-refractivity contribution in [1.29, 1.82) is 0 Å². The predicted molar refractivity (Wildman–Crippen MR) is 119 cm³/mol. The van der Waals surface area contributed by atoms with E-state index in [0.717, 1.165) is 5.56 Å². The average molecular weight is 423 g/mol. The van der Waals surface area contributed by atoms with E-state index in [0.29, 0.717) is 66.2 Å². The highest BCUT2D eigenvalue weighted by Gasteiger charge is 2.19. The Morgan fingerprint density at radius 1 is 1.03 bits per heavy atom. The van der Waals surface area contributed by atoms with Crippen LogP contribution in [0.3, 0.4) is 0 Å². The highest BCUT2D eigenvalue weighted by atomic mass is 16.5. The number of methoxy groups -OCH3 is 2. The standard InChI is InChI=1S/C22H25N5O4/c1-14-5-4-6-15(11-14)23-22(28)26-20-16-12-18(29-2)19(30-3)13-17(16)24-21(25-20)27-7-9-31-10-8-27/h4-6,11-13H,7-10H2,1-3H3,(H2,23,24,25,26,28). The van der Waals surface area contributed by atoms with Gasteiger partial charge in [-0.15, -0.1) is 0 Å². The van der Waals surface area contributed by atoms with Crippen molar-refractivity contribution < 1.29 is 19.0 Å². The summed E-state index contributed by atoms with van der Waals surface area (Å²) >= 11 is 0. The van der Waals surface area contributed by atoms with Gasteiger partial charge in [0.25, 0.3) is 0 Å². The lowest BCUT2D eigenvalue weighted by atomic mass is 10.2. The second-order valence-electron chi connectivity index (χ2n) is 7.14. The number of hydrogen-bond acceptors (Lipinski definition) is 7. The number of benzene rings is 2. The molecular formula is C22H25N5O4. The van der Waals surface area contributed by atoms with Gasteiger partial charge in [-0.05, 0) is 30.7 Å². The summed E-state index contributed by atoms with van der Waals surface area (Å²) in [7, 11) is 3.13. The van der Waals surface area contributed by atoms with Gasteiger partial charge in [0.2, 0.25) is 5.95 Å². The number of ether oxygens (including phenoxy) is 3. The second-order valence-corrected chi connectivity index (χ2v) is 7.14. The van der Waals surface area contributed by atoms with Crippen molar-refractivity contribution in [2.75, 3.05) is 56.1 Å². The van der Waals surface area contributed by atoms with E-state index in [4.69, 9.17) is 19.2 Å². The molecule has 31 heavy (non-hydrogen) atoms.